The molecule has 1 fully saturated rings. The summed E-state index contributed by atoms with van der Waals surface area (Å²) in [5.41, 5.74) is 3.44. The molecule has 0 aliphatic carbocycles. The number of anilines is 1. The van der Waals surface area contributed by atoms with Crippen LogP contribution in [0.1, 0.15) is 34.1 Å². The maximum Gasteiger partial charge on any atom is 0.301 e. The van der Waals surface area contributed by atoms with Crippen LogP contribution in [0.5, 0.6) is 0 Å². The van der Waals surface area contributed by atoms with Gasteiger partial charge in [-0.2, -0.15) is 0 Å². The molecule has 1 N–H and O–H groups in total. The maximum atomic E-state index is 13.6. The second-order valence-electron chi connectivity index (χ2n) is 9.54. The molecule has 3 aromatic heterocycles. The van der Waals surface area contributed by atoms with E-state index in [0.717, 1.165) is 22.5 Å². The second-order valence-corrected chi connectivity index (χ2v) is 12.5. The summed E-state index contributed by atoms with van der Waals surface area (Å²) in [7, 11) is 0. The van der Waals surface area contributed by atoms with Gasteiger partial charge in [0.05, 0.1) is 27.4 Å². The first-order chi connectivity index (χ1) is 20.1. The zero-order valence-electron chi connectivity index (χ0n) is 22.0. The van der Waals surface area contributed by atoms with Crippen molar-refractivity contribution >= 4 is 74.5 Å². The van der Waals surface area contributed by atoms with Crippen molar-refractivity contribution in [1.82, 2.24) is 19.6 Å². The van der Waals surface area contributed by atoms with Crippen molar-refractivity contribution < 1.29 is 19.1 Å². The SMILES string of the molecule is Cc1cccn2c(C)c(C(O)=C3C(=O)C(=O)N(c4nnc(SCc5ccc(F)cc5)s4)C3c3ccc(Cl)c(Cl)c3)nc12. The number of benzene rings is 2. The van der Waals surface area contributed by atoms with Crippen LogP contribution in [0.15, 0.2) is 70.7 Å². The molecule has 1 unspecified atom stereocenters. The molecule has 1 atom stereocenters. The Morgan fingerprint density at radius 3 is 2.55 bits per heavy atom. The Morgan fingerprint density at radius 1 is 1.07 bits per heavy atom. The number of rotatable bonds is 6. The molecule has 1 amide bonds. The molecule has 8 nitrogen and oxygen atoms in total. The average molecular weight is 641 g/mol. The van der Waals surface area contributed by atoms with E-state index < -0.39 is 23.5 Å². The zero-order chi connectivity index (χ0) is 29.7. The molecule has 2 aromatic carbocycles. The molecule has 1 saturated heterocycles. The van der Waals surface area contributed by atoms with Crippen LogP contribution in [0.4, 0.5) is 9.52 Å². The fourth-order valence-corrected chi connectivity index (χ4v) is 6.92. The van der Waals surface area contributed by atoms with Gasteiger partial charge in [0.2, 0.25) is 5.13 Å². The fourth-order valence-electron chi connectivity index (χ4n) is 4.79. The first-order valence-corrected chi connectivity index (χ1v) is 15.1. The van der Waals surface area contributed by atoms with E-state index in [1.807, 2.05) is 29.7 Å². The van der Waals surface area contributed by atoms with Gasteiger partial charge in [0, 0.05) is 11.9 Å². The van der Waals surface area contributed by atoms with Gasteiger partial charge in [-0.3, -0.25) is 14.5 Å². The highest BCUT2D eigenvalue weighted by Gasteiger charge is 2.49. The van der Waals surface area contributed by atoms with E-state index in [4.69, 9.17) is 23.2 Å². The predicted molar refractivity (Wildman–Crippen MR) is 162 cm³/mol. The highest BCUT2D eigenvalue weighted by atomic mass is 35.5. The van der Waals surface area contributed by atoms with Crippen LogP contribution < -0.4 is 4.90 Å². The molecule has 0 spiro atoms. The van der Waals surface area contributed by atoms with Crippen molar-refractivity contribution in [3.8, 4) is 0 Å². The summed E-state index contributed by atoms with van der Waals surface area (Å²) < 4.78 is 15.6. The summed E-state index contributed by atoms with van der Waals surface area (Å²) in [6.45, 7) is 3.66. The number of imidazole rings is 1. The molecule has 5 aromatic rings. The van der Waals surface area contributed by atoms with Gasteiger partial charge in [-0.05, 0) is 60.9 Å². The number of ketones is 1. The maximum absolute atomic E-state index is 13.6. The third-order valence-electron chi connectivity index (χ3n) is 6.89. The first kappa shape index (κ1) is 28.4. The average Bonchev–Trinajstić information content (AvgIpc) is 3.65. The van der Waals surface area contributed by atoms with Gasteiger partial charge in [-0.15, -0.1) is 10.2 Å². The lowest BCUT2D eigenvalue weighted by Crippen LogP contribution is -2.29. The van der Waals surface area contributed by atoms with Crippen LogP contribution in [-0.2, 0) is 15.3 Å². The third kappa shape index (κ3) is 4.96. The summed E-state index contributed by atoms with van der Waals surface area (Å²) in [6, 6.07) is 13.5. The minimum Gasteiger partial charge on any atom is -0.505 e. The summed E-state index contributed by atoms with van der Waals surface area (Å²) in [5.74, 6) is -2.02. The number of thioether (sulfide) groups is 1. The van der Waals surface area contributed by atoms with E-state index in [0.29, 0.717) is 32.0 Å². The van der Waals surface area contributed by atoms with Crippen molar-refractivity contribution in [2.45, 2.75) is 30.0 Å². The van der Waals surface area contributed by atoms with Gasteiger partial charge in [-0.25, -0.2) is 9.37 Å². The lowest BCUT2D eigenvalue weighted by atomic mass is 9.96. The number of aryl methyl sites for hydroxylation is 2. The van der Waals surface area contributed by atoms with Crippen molar-refractivity contribution in [2.75, 3.05) is 4.90 Å². The molecular weight excluding hydrogens is 620 g/mol. The highest BCUT2D eigenvalue weighted by Crippen LogP contribution is 2.45. The number of pyridine rings is 1. The number of aliphatic hydroxyl groups is 1. The van der Waals surface area contributed by atoms with Crippen molar-refractivity contribution in [1.29, 1.82) is 0 Å². The number of carbonyl (C=O) groups excluding carboxylic acids is 2. The Kier molecular flexibility index (Phi) is 7.52. The lowest BCUT2D eigenvalue weighted by molar-refractivity contribution is -0.132. The number of fused-ring (bicyclic) bond motifs is 1. The normalized spacial score (nSPS) is 16.6. The number of amides is 1. The molecule has 0 saturated carbocycles. The molecular formula is C29H20Cl2FN5O3S2. The van der Waals surface area contributed by atoms with Crippen LogP contribution in [0.2, 0.25) is 10.0 Å². The second kappa shape index (κ2) is 11.1. The van der Waals surface area contributed by atoms with E-state index in [2.05, 4.69) is 15.2 Å². The van der Waals surface area contributed by atoms with Gasteiger partial charge in [0.25, 0.3) is 5.78 Å². The highest BCUT2D eigenvalue weighted by molar-refractivity contribution is 8.00. The fraction of sp³-hybridized carbons (Fsp3) is 0.138. The van der Waals surface area contributed by atoms with Crippen LogP contribution in [0.25, 0.3) is 11.4 Å². The van der Waals surface area contributed by atoms with Gasteiger partial charge >= 0.3 is 5.91 Å². The number of hydrogen-bond acceptors (Lipinski definition) is 8. The largest absolute Gasteiger partial charge is 0.505 e. The Balaban J connectivity index is 1.45. The van der Waals surface area contributed by atoms with E-state index >= 15 is 0 Å². The number of aromatic nitrogens is 4. The summed E-state index contributed by atoms with van der Waals surface area (Å²) >= 11 is 15.0. The minimum absolute atomic E-state index is 0.154. The first-order valence-electron chi connectivity index (χ1n) is 12.6. The Hall–Kier alpha value is -3.77. The molecule has 13 heteroatoms. The summed E-state index contributed by atoms with van der Waals surface area (Å²) in [6.07, 6.45) is 1.81. The van der Waals surface area contributed by atoms with Gasteiger partial charge in [0.15, 0.2) is 10.1 Å². The molecule has 1 aliphatic rings. The number of nitrogens with zero attached hydrogens (tertiary/aromatic N) is 5. The van der Waals surface area contributed by atoms with E-state index in [9.17, 15) is 19.1 Å². The Morgan fingerprint density at radius 2 is 1.83 bits per heavy atom. The number of halogens is 3. The summed E-state index contributed by atoms with van der Waals surface area (Å²) in [4.78, 5) is 33.0. The predicted octanol–water partition coefficient (Wildman–Crippen LogP) is 7.17. The van der Waals surface area contributed by atoms with Crippen LogP contribution in [-0.4, -0.2) is 36.4 Å². The smallest absolute Gasteiger partial charge is 0.301 e. The number of Topliss-reactive ketones (excluding diaryl/α,β-unsaturated/α-hetero) is 1. The molecule has 0 bridgehead atoms. The van der Waals surface area contributed by atoms with Crippen molar-refractivity contribution in [3.05, 3.63) is 110 Å². The monoisotopic (exact) mass is 639 g/mol. The molecule has 212 valence electrons. The minimum atomic E-state index is -1.08. The van der Waals surface area contributed by atoms with E-state index in [-0.39, 0.29) is 27.2 Å². The Labute approximate surface area is 257 Å². The van der Waals surface area contributed by atoms with Crippen LogP contribution >= 0.6 is 46.3 Å². The van der Waals surface area contributed by atoms with Crippen LogP contribution in [0.3, 0.4) is 0 Å². The van der Waals surface area contributed by atoms with Gasteiger partial charge in [0.1, 0.15) is 17.2 Å². The number of hydrogen-bond donors (Lipinski definition) is 1. The van der Waals surface area contributed by atoms with Crippen molar-refractivity contribution in [2.24, 2.45) is 0 Å². The van der Waals surface area contributed by atoms with E-state index in [1.165, 1.54) is 28.8 Å². The molecule has 6 rings (SSSR count). The topological polar surface area (TPSA) is 101 Å². The number of aliphatic hydroxyl groups excluding tert-OH is 1. The Bertz CT molecular complexity index is 1920. The van der Waals surface area contributed by atoms with Crippen LogP contribution in [0, 0.1) is 19.7 Å². The molecule has 4 heterocycles. The lowest BCUT2D eigenvalue weighted by Gasteiger charge is -2.22. The molecule has 42 heavy (non-hydrogen) atoms. The molecule has 1 aliphatic heterocycles. The molecule has 0 radical (unpaired) electrons. The van der Waals surface area contributed by atoms with Crippen molar-refractivity contribution in [3.63, 3.8) is 0 Å². The van der Waals surface area contributed by atoms with Gasteiger partial charge < -0.3 is 9.51 Å². The summed E-state index contributed by atoms with van der Waals surface area (Å²) in [5, 5.41) is 20.7. The number of carbonyl (C=O) groups is 2. The standard InChI is InChI=1S/C29H20Cl2FN5O3S2/c1-14-4-3-11-36-15(2)22(33-26(14)36)24(38)21-23(17-7-10-19(30)20(31)12-17)37(27(40)25(21)39)28-34-35-29(42-28)41-13-16-5-8-18(32)9-6-16/h3-12,23,38H,13H2,1-2H3. The third-order valence-corrected chi connectivity index (χ3v) is 9.76. The van der Waals surface area contributed by atoms with Gasteiger partial charge in [-0.1, -0.05) is 70.6 Å². The quantitative estimate of drug-likeness (QED) is 0.0691. The van der Waals surface area contributed by atoms with E-state index in [1.54, 1.807) is 37.3 Å². The zero-order valence-corrected chi connectivity index (χ0v) is 25.2.